The second-order valence-corrected chi connectivity index (χ2v) is 10.9. The van der Waals surface area contributed by atoms with Gasteiger partial charge >= 0.3 is 0 Å². The summed E-state index contributed by atoms with van der Waals surface area (Å²) >= 11 is 0. The molecule has 0 aliphatic rings. The van der Waals surface area contributed by atoms with Gasteiger partial charge in [-0.25, -0.2) is 15.0 Å². The van der Waals surface area contributed by atoms with Crippen molar-refractivity contribution in [2.45, 2.75) is 0 Å². The molecule has 44 heavy (non-hydrogen) atoms. The molecule has 0 N–H and O–H groups in total. The molecule has 0 fully saturated rings. The molecule has 9 aromatic rings. The van der Waals surface area contributed by atoms with Crippen molar-refractivity contribution in [1.82, 2.24) is 19.5 Å². The first-order valence-electron chi connectivity index (χ1n) is 14.6. The number of furan rings is 1. The molecule has 3 aromatic heterocycles. The predicted molar refractivity (Wildman–Crippen MR) is 178 cm³/mol. The van der Waals surface area contributed by atoms with Crippen LogP contribution in [0.1, 0.15) is 0 Å². The molecule has 0 aliphatic heterocycles. The SMILES string of the molecule is c1ccc(-c2nc(-c3ccccc3)nc(-c3ccc4oc5cc6c(cc5c4c3)c3ccccc3n6-c3ccccc3)n2)cc1. The lowest BCUT2D eigenvalue weighted by Gasteiger charge is -2.08. The average Bonchev–Trinajstić information content (AvgIpc) is 3.62. The molecule has 6 aromatic carbocycles. The fourth-order valence-electron chi connectivity index (χ4n) is 6.17. The third-order valence-electron chi connectivity index (χ3n) is 8.24. The highest BCUT2D eigenvalue weighted by atomic mass is 16.3. The topological polar surface area (TPSA) is 56.7 Å². The first-order chi connectivity index (χ1) is 21.8. The number of hydrogen-bond acceptors (Lipinski definition) is 4. The van der Waals surface area contributed by atoms with Crippen LogP contribution >= 0.6 is 0 Å². The van der Waals surface area contributed by atoms with E-state index in [2.05, 4.69) is 71.3 Å². The van der Waals surface area contributed by atoms with E-state index in [1.165, 1.54) is 16.3 Å². The Hall–Kier alpha value is -6.07. The van der Waals surface area contributed by atoms with Crippen LogP contribution in [-0.2, 0) is 0 Å². The Morgan fingerprint density at radius 3 is 1.64 bits per heavy atom. The lowest BCUT2D eigenvalue weighted by molar-refractivity contribution is 0.669. The Balaban J connectivity index is 1.27. The zero-order chi connectivity index (χ0) is 29.0. The molecule has 5 nitrogen and oxygen atoms in total. The van der Waals surface area contributed by atoms with E-state index >= 15 is 0 Å². The summed E-state index contributed by atoms with van der Waals surface area (Å²) < 4.78 is 8.77. The quantitative estimate of drug-likeness (QED) is 0.213. The normalized spacial score (nSPS) is 11.6. The number of aromatic nitrogens is 4. The fraction of sp³-hybridized carbons (Fsp3) is 0. The molecule has 3 heterocycles. The Morgan fingerprint density at radius 2 is 0.955 bits per heavy atom. The second-order valence-electron chi connectivity index (χ2n) is 10.9. The third-order valence-corrected chi connectivity index (χ3v) is 8.24. The first kappa shape index (κ1) is 24.5. The van der Waals surface area contributed by atoms with Gasteiger partial charge in [-0.3, -0.25) is 0 Å². The Morgan fingerprint density at radius 1 is 0.386 bits per heavy atom. The number of fused-ring (bicyclic) bond motifs is 6. The summed E-state index contributed by atoms with van der Waals surface area (Å²) in [7, 11) is 0. The lowest BCUT2D eigenvalue weighted by atomic mass is 10.1. The van der Waals surface area contributed by atoms with Gasteiger partial charge in [0.25, 0.3) is 0 Å². The summed E-state index contributed by atoms with van der Waals surface area (Å²) in [4.78, 5) is 14.7. The standard InChI is InChI=1S/C39H24N4O/c1-4-12-25(13-5-1)37-40-38(26-14-6-2-7-15-26)42-39(41-37)27-20-21-35-31(22-27)32-23-30-29-18-10-11-19-33(29)43(28-16-8-3-9-17-28)34(30)24-36(32)44-35/h1-24H. The van der Waals surface area contributed by atoms with Gasteiger partial charge < -0.3 is 8.98 Å². The molecule has 0 spiro atoms. The van der Waals surface area contributed by atoms with Gasteiger partial charge in [-0.2, -0.15) is 0 Å². The number of nitrogens with zero attached hydrogens (tertiary/aromatic N) is 4. The van der Waals surface area contributed by atoms with E-state index in [4.69, 9.17) is 19.4 Å². The van der Waals surface area contributed by atoms with Gasteiger partial charge in [0.2, 0.25) is 0 Å². The maximum absolute atomic E-state index is 6.46. The molecular weight excluding hydrogens is 540 g/mol. The average molecular weight is 565 g/mol. The zero-order valence-electron chi connectivity index (χ0n) is 23.6. The monoisotopic (exact) mass is 564 g/mol. The highest BCUT2D eigenvalue weighted by molar-refractivity contribution is 6.17. The van der Waals surface area contributed by atoms with E-state index in [9.17, 15) is 0 Å². The Labute approximate surface area is 252 Å². The van der Waals surface area contributed by atoms with Gasteiger partial charge in [0, 0.05) is 50.0 Å². The van der Waals surface area contributed by atoms with Crippen molar-refractivity contribution < 1.29 is 4.42 Å². The molecule has 0 radical (unpaired) electrons. The highest BCUT2D eigenvalue weighted by Crippen LogP contribution is 2.39. The van der Waals surface area contributed by atoms with Crippen LogP contribution in [0.15, 0.2) is 150 Å². The second kappa shape index (κ2) is 9.75. The van der Waals surface area contributed by atoms with Crippen LogP contribution in [0.3, 0.4) is 0 Å². The largest absolute Gasteiger partial charge is 0.456 e. The van der Waals surface area contributed by atoms with Crippen LogP contribution < -0.4 is 0 Å². The van der Waals surface area contributed by atoms with Crippen molar-refractivity contribution in [1.29, 1.82) is 0 Å². The summed E-state index contributed by atoms with van der Waals surface area (Å²) in [6.07, 6.45) is 0. The minimum Gasteiger partial charge on any atom is -0.456 e. The van der Waals surface area contributed by atoms with Crippen LogP contribution in [0.4, 0.5) is 0 Å². The van der Waals surface area contributed by atoms with E-state index in [1.807, 2.05) is 78.9 Å². The molecule has 0 saturated heterocycles. The fourth-order valence-corrected chi connectivity index (χ4v) is 6.17. The molecule has 0 atom stereocenters. The minimum atomic E-state index is 0.621. The summed E-state index contributed by atoms with van der Waals surface area (Å²) in [6, 6.07) is 49.8. The highest BCUT2D eigenvalue weighted by Gasteiger charge is 2.18. The van der Waals surface area contributed by atoms with Crippen molar-refractivity contribution in [2.75, 3.05) is 0 Å². The summed E-state index contributed by atoms with van der Waals surface area (Å²) in [5, 5.41) is 4.48. The molecule has 0 amide bonds. The van der Waals surface area contributed by atoms with E-state index in [-0.39, 0.29) is 0 Å². The van der Waals surface area contributed by atoms with Crippen molar-refractivity contribution in [3.63, 3.8) is 0 Å². The van der Waals surface area contributed by atoms with Gasteiger partial charge in [0.05, 0.1) is 11.0 Å². The van der Waals surface area contributed by atoms with Crippen LogP contribution in [-0.4, -0.2) is 19.5 Å². The number of para-hydroxylation sites is 2. The Kier molecular flexibility index (Phi) is 5.43. The van der Waals surface area contributed by atoms with E-state index in [0.29, 0.717) is 17.5 Å². The van der Waals surface area contributed by atoms with Crippen LogP contribution in [0.5, 0.6) is 0 Å². The van der Waals surface area contributed by atoms with E-state index in [0.717, 1.165) is 49.8 Å². The van der Waals surface area contributed by atoms with Gasteiger partial charge in [-0.1, -0.05) is 97.1 Å². The summed E-state index contributed by atoms with van der Waals surface area (Å²) in [5.41, 5.74) is 7.86. The first-order valence-corrected chi connectivity index (χ1v) is 14.6. The molecule has 9 rings (SSSR count). The van der Waals surface area contributed by atoms with Crippen molar-refractivity contribution in [2.24, 2.45) is 0 Å². The lowest BCUT2D eigenvalue weighted by Crippen LogP contribution is -2.00. The molecule has 0 saturated carbocycles. The summed E-state index contributed by atoms with van der Waals surface area (Å²) in [5.74, 6) is 1.90. The van der Waals surface area contributed by atoms with Crippen LogP contribution in [0.2, 0.25) is 0 Å². The van der Waals surface area contributed by atoms with Crippen LogP contribution in [0, 0.1) is 0 Å². The van der Waals surface area contributed by atoms with E-state index in [1.54, 1.807) is 0 Å². The molecule has 0 aliphatic carbocycles. The number of rotatable bonds is 4. The molecule has 206 valence electrons. The maximum atomic E-state index is 6.46. The van der Waals surface area contributed by atoms with Gasteiger partial charge in [-0.05, 0) is 42.5 Å². The molecular formula is C39H24N4O. The molecule has 0 unspecified atom stereocenters. The third kappa shape index (κ3) is 3.91. The van der Waals surface area contributed by atoms with Gasteiger partial charge in [0.15, 0.2) is 17.5 Å². The Bertz CT molecular complexity index is 2420. The summed E-state index contributed by atoms with van der Waals surface area (Å²) in [6.45, 7) is 0. The van der Waals surface area contributed by atoms with Crippen molar-refractivity contribution in [3.05, 3.63) is 146 Å². The molecule has 0 bridgehead atoms. The van der Waals surface area contributed by atoms with E-state index < -0.39 is 0 Å². The number of hydrogen-bond donors (Lipinski definition) is 0. The zero-order valence-corrected chi connectivity index (χ0v) is 23.6. The maximum Gasteiger partial charge on any atom is 0.164 e. The van der Waals surface area contributed by atoms with Gasteiger partial charge in [0.1, 0.15) is 11.2 Å². The van der Waals surface area contributed by atoms with Crippen LogP contribution in [0.25, 0.3) is 83.6 Å². The van der Waals surface area contributed by atoms with Crippen molar-refractivity contribution in [3.8, 4) is 39.9 Å². The minimum absolute atomic E-state index is 0.621. The number of benzene rings is 6. The molecule has 5 heteroatoms. The van der Waals surface area contributed by atoms with Gasteiger partial charge in [-0.15, -0.1) is 0 Å². The van der Waals surface area contributed by atoms with Crippen molar-refractivity contribution >= 4 is 43.7 Å². The smallest absolute Gasteiger partial charge is 0.164 e. The predicted octanol–water partition coefficient (Wildman–Crippen LogP) is 9.87.